The number of hydrogen-bond acceptors (Lipinski definition) is 5. The summed E-state index contributed by atoms with van der Waals surface area (Å²) in [5.74, 6) is -1.80. The maximum absolute atomic E-state index is 13.1. The van der Waals surface area contributed by atoms with Crippen LogP contribution in [-0.4, -0.2) is 39.8 Å². The van der Waals surface area contributed by atoms with Gasteiger partial charge in [0.15, 0.2) is 0 Å². The summed E-state index contributed by atoms with van der Waals surface area (Å²) in [6.45, 7) is 0.361. The van der Waals surface area contributed by atoms with Gasteiger partial charge >= 0.3 is 5.69 Å². The summed E-state index contributed by atoms with van der Waals surface area (Å²) in [6, 6.07) is 2.68. The summed E-state index contributed by atoms with van der Waals surface area (Å²) >= 11 is 0. The van der Waals surface area contributed by atoms with Gasteiger partial charge in [0, 0.05) is 11.6 Å². The first-order valence-corrected chi connectivity index (χ1v) is 5.31. The van der Waals surface area contributed by atoms with Crippen molar-refractivity contribution in [3.8, 4) is 0 Å². The first-order valence-electron chi connectivity index (χ1n) is 5.31. The van der Waals surface area contributed by atoms with Crippen LogP contribution in [0.5, 0.6) is 0 Å². The molecule has 0 aliphatic heterocycles. The lowest BCUT2D eigenvalue weighted by Gasteiger charge is -2.26. The standard InChI is InChI=1S/C11H13FN2O5/c1-11(5-15,6-16)13-10(17)7-2-3-8(12)9(4-7)14(18)19/h2-4,15-16H,5-6H2,1H3,(H,13,17). The molecule has 1 amide bonds. The highest BCUT2D eigenvalue weighted by molar-refractivity contribution is 5.95. The summed E-state index contributed by atoms with van der Waals surface area (Å²) in [5, 5.41) is 30.9. The lowest BCUT2D eigenvalue weighted by Crippen LogP contribution is -2.51. The van der Waals surface area contributed by atoms with Crippen molar-refractivity contribution in [1.29, 1.82) is 0 Å². The van der Waals surface area contributed by atoms with E-state index in [-0.39, 0.29) is 5.56 Å². The maximum Gasteiger partial charge on any atom is 0.305 e. The molecule has 1 aromatic carbocycles. The maximum atomic E-state index is 13.1. The summed E-state index contributed by atoms with van der Waals surface area (Å²) in [4.78, 5) is 21.4. The molecular weight excluding hydrogens is 259 g/mol. The van der Waals surface area contributed by atoms with E-state index in [1.54, 1.807) is 0 Å². The number of benzene rings is 1. The molecule has 0 aliphatic rings. The van der Waals surface area contributed by atoms with Gasteiger partial charge in [0.1, 0.15) is 0 Å². The normalized spacial score (nSPS) is 11.2. The van der Waals surface area contributed by atoms with Gasteiger partial charge in [-0.05, 0) is 19.1 Å². The number of halogens is 1. The van der Waals surface area contributed by atoms with Gasteiger partial charge in [0.25, 0.3) is 5.91 Å². The first kappa shape index (κ1) is 15.0. The third-order valence-corrected chi connectivity index (χ3v) is 2.52. The molecule has 0 spiro atoms. The van der Waals surface area contributed by atoms with Crippen molar-refractivity contribution in [2.24, 2.45) is 0 Å². The van der Waals surface area contributed by atoms with Crippen LogP contribution < -0.4 is 5.32 Å². The van der Waals surface area contributed by atoms with E-state index in [0.717, 1.165) is 18.2 Å². The van der Waals surface area contributed by atoms with E-state index < -0.39 is 41.1 Å². The van der Waals surface area contributed by atoms with Gasteiger partial charge in [-0.1, -0.05) is 0 Å². The topological polar surface area (TPSA) is 113 Å². The van der Waals surface area contributed by atoms with Crippen LogP contribution in [0.25, 0.3) is 0 Å². The fourth-order valence-corrected chi connectivity index (χ4v) is 1.27. The number of rotatable bonds is 5. The minimum Gasteiger partial charge on any atom is -0.394 e. The van der Waals surface area contributed by atoms with E-state index in [4.69, 9.17) is 10.2 Å². The van der Waals surface area contributed by atoms with Gasteiger partial charge in [-0.3, -0.25) is 14.9 Å². The van der Waals surface area contributed by atoms with Gasteiger partial charge in [0.05, 0.1) is 23.7 Å². The Hall–Kier alpha value is -2.06. The summed E-state index contributed by atoms with van der Waals surface area (Å²) in [6.07, 6.45) is 0. The molecule has 0 saturated carbocycles. The first-order chi connectivity index (χ1) is 8.83. The van der Waals surface area contributed by atoms with Crippen LogP contribution in [0.1, 0.15) is 17.3 Å². The number of carbonyl (C=O) groups excluding carboxylic acids is 1. The Balaban J connectivity index is 3.01. The van der Waals surface area contributed by atoms with Crippen LogP contribution in [0.4, 0.5) is 10.1 Å². The average Bonchev–Trinajstić information content (AvgIpc) is 2.38. The lowest BCUT2D eigenvalue weighted by atomic mass is 10.0. The van der Waals surface area contributed by atoms with Gasteiger partial charge < -0.3 is 15.5 Å². The van der Waals surface area contributed by atoms with Crippen LogP contribution in [-0.2, 0) is 0 Å². The van der Waals surface area contributed by atoms with E-state index in [2.05, 4.69) is 5.32 Å². The molecule has 0 radical (unpaired) electrons. The SMILES string of the molecule is CC(CO)(CO)NC(=O)c1ccc(F)c([N+](=O)[O-])c1. The zero-order valence-electron chi connectivity index (χ0n) is 10.1. The number of carbonyl (C=O) groups is 1. The minimum atomic E-state index is -1.26. The summed E-state index contributed by atoms with van der Waals surface area (Å²) in [7, 11) is 0. The lowest BCUT2D eigenvalue weighted by molar-refractivity contribution is -0.387. The quantitative estimate of drug-likeness (QED) is 0.523. The number of hydrogen-bond donors (Lipinski definition) is 3. The Morgan fingerprint density at radius 1 is 1.47 bits per heavy atom. The van der Waals surface area contributed by atoms with E-state index in [1.165, 1.54) is 6.92 Å². The van der Waals surface area contributed by atoms with E-state index in [0.29, 0.717) is 0 Å². The molecule has 0 aliphatic carbocycles. The van der Waals surface area contributed by atoms with Crippen LogP contribution in [0.3, 0.4) is 0 Å². The minimum absolute atomic E-state index is 0.138. The molecule has 0 fully saturated rings. The van der Waals surface area contributed by atoms with Crippen molar-refractivity contribution in [1.82, 2.24) is 5.32 Å². The molecule has 0 atom stereocenters. The Bertz CT molecular complexity index is 502. The van der Waals surface area contributed by atoms with Crippen molar-refractivity contribution < 1.29 is 24.3 Å². The van der Waals surface area contributed by atoms with E-state index in [9.17, 15) is 19.3 Å². The van der Waals surface area contributed by atoms with Crippen molar-refractivity contribution in [3.63, 3.8) is 0 Å². The highest BCUT2D eigenvalue weighted by Gasteiger charge is 2.26. The fraction of sp³-hybridized carbons (Fsp3) is 0.364. The van der Waals surface area contributed by atoms with Crippen LogP contribution in [0.2, 0.25) is 0 Å². The average molecular weight is 272 g/mol. The van der Waals surface area contributed by atoms with Crippen molar-refractivity contribution in [2.75, 3.05) is 13.2 Å². The van der Waals surface area contributed by atoms with Gasteiger partial charge in [-0.25, -0.2) is 0 Å². The highest BCUT2D eigenvalue weighted by Crippen LogP contribution is 2.19. The molecule has 0 heterocycles. The molecule has 3 N–H and O–H groups in total. The predicted molar refractivity (Wildman–Crippen MR) is 63.1 cm³/mol. The van der Waals surface area contributed by atoms with E-state index >= 15 is 0 Å². The third kappa shape index (κ3) is 3.46. The van der Waals surface area contributed by atoms with Crippen LogP contribution >= 0.6 is 0 Å². The molecule has 0 bridgehead atoms. The second-order valence-electron chi connectivity index (χ2n) is 4.25. The zero-order valence-corrected chi connectivity index (χ0v) is 10.1. The smallest absolute Gasteiger partial charge is 0.305 e. The number of amides is 1. The van der Waals surface area contributed by atoms with Crippen molar-refractivity contribution in [3.05, 3.63) is 39.7 Å². The summed E-state index contributed by atoms with van der Waals surface area (Å²) < 4.78 is 13.1. The molecule has 104 valence electrons. The molecule has 8 heteroatoms. The Labute approximate surface area is 107 Å². The molecule has 1 aromatic rings. The van der Waals surface area contributed by atoms with Crippen molar-refractivity contribution in [2.45, 2.75) is 12.5 Å². The molecule has 19 heavy (non-hydrogen) atoms. The van der Waals surface area contributed by atoms with Gasteiger partial charge in [-0.2, -0.15) is 4.39 Å². The number of aliphatic hydroxyl groups is 2. The van der Waals surface area contributed by atoms with E-state index in [1.807, 2.05) is 0 Å². The second-order valence-corrected chi connectivity index (χ2v) is 4.25. The number of nitro groups is 1. The number of nitrogens with one attached hydrogen (secondary N) is 1. The van der Waals surface area contributed by atoms with Crippen LogP contribution in [0.15, 0.2) is 18.2 Å². The second kappa shape index (κ2) is 5.72. The Morgan fingerprint density at radius 2 is 2.05 bits per heavy atom. The highest BCUT2D eigenvalue weighted by atomic mass is 19.1. The van der Waals surface area contributed by atoms with Gasteiger partial charge in [0.2, 0.25) is 5.82 Å². The predicted octanol–water partition coefficient (Wildman–Crippen LogP) is 0.207. The summed E-state index contributed by atoms with van der Waals surface area (Å²) in [5.41, 5.74) is -2.22. The number of nitrogens with zero attached hydrogens (tertiary/aromatic N) is 1. The third-order valence-electron chi connectivity index (χ3n) is 2.52. The largest absolute Gasteiger partial charge is 0.394 e. The Kier molecular flexibility index (Phi) is 4.52. The zero-order chi connectivity index (χ0) is 14.6. The fourth-order valence-electron chi connectivity index (χ4n) is 1.27. The van der Waals surface area contributed by atoms with Crippen LogP contribution in [0, 0.1) is 15.9 Å². The monoisotopic (exact) mass is 272 g/mol. The van der Waals surface area contributed by atoms with Gasteiger partial charge in [-0.15, -0.1) is 0 Å². The molecule has 0 unspecified atom stereocenters. The molecule has 1 rings (SSSR count). The van der Waals surface area contributed by atoms with Crippen molar-refractivity contribution >= 4 is 11.6 Å². The molecule has 7 nitrogen and oxygen atoms in total. The molecule has 0 saturated heterocycles. The Morgan fingerprint density at radius 3 is 2.53 bits per heavy atom. The number of aliphatic hydroxyl groups excluding tert-OH is 2. The molecule has 0 aromatic heterocycles. The number of nitro benzene ring substituents is 1. The molecular formula is C11H13FN2O5.